The minimum Gasteiger partial charge on any atom is -0.396 e. The Hall–Kier alpha value is -0.680. The molecule has 3 aliphatic rings. The minimum absolute atomic E-state index is 0.158. The molecule has 1 N–H and O–H groups in total. The lowest BCUT2D eigenvalue weighted by Gasteiger charge is -2.25. The molecule has 0 radical (unpaired) electrons. The lowest BCUT2D eigenvalue weighted by atomic mass is 9.82. The van der Waals surface area contributed by atoms with Gasteiger partial charge in [0.1, 0.15) is 5.01 Å². The van der Waals surface area contributed by atoms with E-state index in [1.807, 2.05) is 0 Å². The average Bonchev–Trinajstić information content (AvgIpc) is 2.86. The van der Waals surface area contributed by atoms with E-state index in [0.29, 0.717) is 18.4 Å². The predicted octanol–water partition coefficient (Wildman–Crippen LogP) is 2.01. The van der Waals surface area contributed by atoms with Crippen LogP contribution in [-0.4, -0.2) is 35.0 Å². The fourth-order valence-electron chi connectivity index (χ4n) is 3.67. The van der Waals surface area contributed by atoms with E-state index in [-0.39, 0.29) is 5.41 Å². The van der Waals surface area contributed by atoms with Gasteiger partial charge in [0, 0.05) is 24.4 Å². The summed E-state index contributed by atoms with van der Waals surface area (Å²) in [6.45, 7) is 2.38. The second-order valence-electron chi connectivity index (χ2n) is 6.19. The first kappa shape index (κ1) is 11.2. The van der Waals surface area contributed by atoms with E-state index in [1.165, 1.54) is 37.1 Å². The summed E-state index contributed by atoms with van der Waals surface area (Å²) in [7, 11) is 0. The fraction of sp³-hybridized carbons (Fsp3) is 0.846. The maximum absolute atomic E-state index is 9.74. The Morgan fingerprint density at radius 2 is 2.22 bits per heavy atom. The van der Waals surface area contributed by atoms with Gasteiger partial charge in [-0.2, -0.15) is 0 Å². The zero-order valence-electron chi connectivity index (χ0n) is 10.5. The molecule has 4 rings (SSSR count). The van der Waals surface area contributed by atoms with Crippen LogP contribution in [0.5, 0.6) is 0 Å². The van der Waals surface area contributed by atoms with Gasteiger partial charge >= 0.3 is 0 Å². The number of anilines is 1. The van der Waals surface area contributed by atoms with Crippen molar-refractivity contribution < 1.29 is 5.11 Å². The largest absolute Gasteiger partial charge is 0.396 e. The average molecular weight is 265 g/mol. The summed E-state index contributed by atoms with van der Waals surface area (Å²) in [5.74, 6) is 1.36. The van der Waals surface area contributed by atoms with E-state index < -0.39 is 0 Å². The molecular weight excluding hydrogens is 246 g/mol. The Morgan fingerprint density at radius 3 is 2.94 bits per heavy atom. The maximum atomic E-state index is 9.74. The molecule has 4 nitrogen and oxygen atoms in total. The van der Waals surface area contributed by atoms with Crippen molar-refractivity contribution in [2.45, 2.75) is 38.0 Å². The predicted molar refractivity (Wildman–Crippen MR) is 71.0 cm³/mol. The molecule has 0 aromatic carbocycles. The molecular formula is C13H19N3OS. The third kappa shape index (κ3) is 1.60. The number of hydrogen-bond donors (Lipinski definition) is 1. The van der Waals surface area contributed by atoms with Crippen LogP contribution in [0.4, 0.5) is 5.13 Å². The number of aliphatic hydroxyl groups excluding tert-OH is 1. The van der Waals surface area contributed by atoms with Gasteiger partial charge in [0.05, 0.1) is 6.61 Å². The van der Waals surface area contributed by atoms with E-state index in [1.54, 1.807) is 11.3 Å². The fourth-order valence-corrected chi connectivity index (χ4v) is 4.69. The van der Waals surface area contributed by atoms with E-state index in [0.717, 1.165) is 18.2 Å². The zero-order chi connectivity index (χ0) is 12.2. The maximum Gasteiger partial charge on any atom is 0.208 e. The summed E-state index contributed by atoms with van der Waals surface area (Å²) in [6.07, 6.45) is 6.31. The molecule has 2 aliphatic carbocycles. The second-order valence-corrected chi connectivity index (χ2v) is 7.17. The first-order valence-corrected chi connectivity index (χ1v) is 7.82. The van der Waals surface area contributed by atoms with Crippen molar-refractivity contribution in [1.29, 1.82) is 0 Å². The Balaban J connectivity index is 1.55. The van der Waals surface area contributed by atoms with Crippen LogP contribution in [0.25, 0.3) is 0 Å². The van der Waals surface area contributed by atoms with Crippen molar-refractivity contribution in [3.63, 3.8) is 0 Å². The number of fused-ring (bicyclic) bond motifs is 1. The first-order chi connectivity index (χ1) is 8.81. The number of nitrogens with zero attached hydrogens (tertiary/aromatic N) is 3. The van der Waals surface area contributed by atoms with E-state index in [9.17, 15) is 5.11 Å². The van der Waals surface area contributed by atoms with Gasteiger partial charge in [-0.05, 0) is 31.6 Å². The summed E-state index contributed by atoms with van der Waals surface area (Å²) >= 11 is 1.77. The molecule has 1 aromatic heterocycles. The lowest BCUT2D eigenvalue weighted by molar-refractivity contribution is 0.121. The molecule has 3 fully saturated rings. The van der Waals surface area contributed by atoms with Crippen LogP contribution in [0.1, 0.15) is 43.0 Å². The summed E-state index contributed by atoms with van der Waals surface area (Å²) in [4.78, 5) is 2.36. The van der Waals surface area contributed by atoms with Crippen LogP contribution in [0, 0.1) is 11.3 Å². The highest BCUT2D eigenvalue weighted by Crippen LogP contribution is 2.50. The molecule has 1 aromatic rings. The van der Waals surface area contributed by atoms with Gasteiger partial charge in [-0.1, -0.05) is 17.8 Å². The Kier molecular flexibility index (Phi) is 2.42. The number of aliphatic hydroxyl groups is 1. The molecule has 2 unspecified atom stereocenters. The van der Waals surface area contributed by atoms with Gasteiger partial charge in [0.25, 0.3) is 0 Å². The standard InChI is InChI=1S/C13H19N3OS/c17-8-13-5-1-2-10(13)6-16(7-13)12-15-14-11(18-12)9-3-4-9/h9-10,17H,1-8H2. The van der Waals surface area contributed by atoms with Crippen molar-refractivity contribution >= 4 is 16.5 Å². The van der Waals surface area contributed by atoms with Gasteiger partial charge in [0.2, 0.25) is 5.13 Å². The summed E-state index contributed by atoms with van der Waals surface area (Å²) in [5, 5.41) is 20.7. The van der Waals surface area contributed by atoms with Crippen LogP contribution in [-0.2, 0) is 0 Å². The van der Waals surface area contributed by atoms with E-state index >= 15 is 0 Å². The van der Waals surface area contributed by atoms with Crippen molar-refractivity contribution in [3.8, 4) is 0 Å². The molecule has 2 heterocycles. The smallest absolute Gasteiger partial charge is 0.208 e. The number of aromatic nitrogens is 2. The van der Waals surface area contributed by atoms with E-state index in [2.05, 4.69) is 15.1 Å². The van der Waals surface area contributed by atoms with Crippen LogP contribution in [0.3, 0.4) is 0 Å². The molecule has 98 valence electrons. The van der Waals surface area contributed by atoms with Crippen molar-refractivity contribution in [3.05, 3.63) is 5.01 Å². The quantitative estimate of drug-likeness (QED) is 0.908. The zero-order valence-corrected chi connectivity index (χ0v) is 11.3. The minimum atomic E-state index is 0.158. The summed E-state index contributed by atoms with van der Waals surface area (Å²) in [6, 6.07) is 0. The Labute approximate surface area is 111 Å². The Bertz CT molecular complexity index is 459. The molecule has 1 aliphatic heterocycles. The van der Waals surface area contributed by atoms with Crippen molar-refractivity contribution in [2.75, 3.05) is 24.6 Å². The first-order valence-electron chi connectivity index (χ1n) is 7.00. The second kappa shape index (κ2) is 3.90. The molecule has 0 bridgehead atoms. The number of rotatable bonds is 3. The molecule has 5 heteroatoms. The topological polar surface area (TPSA) is 49.2 Å². The highest BCUT2D eigenvalue weighted by atomic mass is 32.1. The molecule has 2 atom stereocenters. The van der Waals surface area contributed by atoms with Gasteiger partial charge in [-0.3, -0.25) is 0 Å². The highest BCUT2D eigenvalue weighted by Gasteiger charge is 2.49. The molecule has 1 saturated heterocycles. The van der Waals surface area contributed by atoms with Crippen LogP contribution >= 0.6 is 11.3 Å². The third-order valence-electron chi connectivity index (χ3n) is 4.98. The van der Waals surface area contributed by atoms with Gasteiger partial charge in [-0.15, -0.1) is 10.2 Å². The van der Waals surface area contributed by atoms with Gasteiger partial charge < -0.3 is 10.0 Å². The molecule has 18 heavy (non-hydrogen) atoms. The van der Waals surface area contributed by atoms with Crippen LogP contribution < -0.4 is 4.90 Å². The van der Waals surface area contributed by atoms with Crippen molar-refractivity contribution in [1.82, 2.24) is 10.2 Å². The monoisotopic (exact) mass is 265 g/mol. The molecule has 2 saturated carbocycles. The molecule has 0 amide bonds. The normalized spacial score (nSPS) is 35.2. The van der Waals surface area contributed by atoms with Gasteiger partial charge in [0.15, 0.2) is 0 Å². The van der Waals surface area contributed by atoms with Crippen LogP contribution in [0.15, 0.2) is 0 Å². The van der Waals surface area contributed by atoms with Gasteiger partial charge in [-0.25, -0.2) is 0 Å². The summed E-state index contributed by atoms with van der Waals surface area (Å²) < 4.78 is 0. The molecule has 0 spiro atoms. The van der Waals surface area contributed by atoms with E-state index in [4.69, 9.17) is 0 Å². The highest BCUT2D eigenvalue weighted by molar-refractivity contribution is 7.15. The lowest BCUT2D eigenvalue weighted by Crippen LogP contribution is -2.30. The summed E-state index contributed by atoms with van der Waals surface area (Å²) in [5.41, 5.74) is 0.158. The van der Waals surface area contributed by atoms with Crippen LogP contribution in [0.2, 0.25) is 0 Å². The Morgan fingerprint density at radius 1 is 1.33 bits per heavy atom. The number of hydrogen-bond acceptors (Lipinski definition) is 5. The van der Waals surface area contributed by atoms with Crippen molar-refractivity contribution in [2.24, 2.45) is 11.3 Å². The SMILES string of the molecule is OCC12CCCC1CN(c1nnc(C3CC3)s1)C2. The third-order valence-corrected chi connectivity index (χ3v) is 6.13.